The van der Waals surface area contributed by atoms with E-state index < -0.39 is 18.2 Å². The molecule has 0 spiro atoms. The van der Waals surface area contributed by atoms with Gasteiger partial charge in [-0.1, -0.05) is 6.07 Å². The van der Waals surface area contributed by atoms with Crippen LogP contribution in [0, 0.1) is 11.3 Å². The van der Waals surface area contributed by atoms with E-state index in [-0.39, 0.29) is 30.6 Å². The molecular weight excluding hydrogens is 384 g/mol. The molecule has 1 aliphatic rings. The summed E-state index contributed by atoms with van der Waals surface area (Å²) in [4.78, 5) is 24.9. The van der Waals surface area contributed by atoms with Gasteiger partial charge in [-0.2, -0.15) is 5.26 Å². The van der Waals surface area contributed by atoms with E-state index in [0.29, 0.717) is 11.4 Å². The molecule has 0 saturated heterocycles. The van der Waals surface area contributed by atoms with Crippen molar-refractivity contribution in [2.75, 3.05) is 6.61 Å². The molecule has 2 heterocycles. The smallest absolute Gasteiger partial charge is 0.433 e. The highest BCUT2D eigenvalue weighted by Crippen LogP contribution is 2.41. The number of nitrogens with one attached hydrogen (secondary N) is 1. The summed E-state index contributed by atoms with van der Waals surface area (Å²) in [7, 11) is 0. The number of rotatable bonds is 6. The normalized spacial score (nSPS) is 16.4. The maximum Gasteiger partial charge on any atom is 0.513 e. The summed E-state index contributed by atoms with van der Waals surface area (Å²) >= 11 is 1.43. The van der Waals surface area contributed by atoms with Crippen LogP contribution >= 0.6 is 11.3 Å². The van der Waals surface area contributed by atoms with Crippen LogP contribution in [-0.2, 0) is 18.9 Å². The van der Waals surface area contributed by atoms with Crippen LogP contribution in [0.25, 0.3) is 0 Å². The Bertz CT molecular complexity index is 820. The zero-order valence-corrected chi connectivity index (χ0v) is 16.9. The van der Waals surface area contributed by atoms with Crippen molar-refractivity contribution in [1.29, 1.82) is 5.26 Å². The second-order valence-corrected chi connectivity index (χ2v) is 7.16. The van der Waals surface area contributed by atoms with E-state index in [9.17, 15) is 9.59 Å². The molecule has 0 aromatic carbocycles. The van der Waals surface area contributed by atoms with E-state index in [2.05, 4.69) is 5.32 Å². The quantitative estimate of drug-likeness (QED) is 0.542. The van der Waals surface area contributed by atoms with Gasteiger partial charge in [0.25, 0.3) is 0 Å². The number of thiophene rings is 1. The number of nitriles is 1. The monoisotopic (exact) mass is 406 g/mol. The molecule has 0 saturated carbocycles. The van der Waals surface area contributed by atoms with Gasteiger partial charge in [0.05, 0.1) is 30.0 Å². The Morgan fingerprint density at radius 2 is 1.86 bits per heavy atom. The summed E-state index contributed by atoms with van der Waals surface area (Å²) in [5.74, 6) is -0.0923. The molecule has 0 amide bonds. The van der Waals surface area contributed by atoms with Gasteiger partial charge in [0, 0.05) is 4.88 Å². The Morgan fingerprint density at radius 3 is 2.39 bits per heavy atom. The zero-order valence-electron chi connectivity index (χ0n) is 16.1. The van der Waals surface area contributed by atoms with Gasteiger partial charge in [0.2, 0.25) is 0 Å². The predicted octanol–water partition coefficient (Wildman–Crippen LogP) is 4.53. The first-order chi connectivity index (χ1) is 13.3. The molecule has 1 atom stereocenters. The Morgan fingerprint density at radius 1 is 1.21 bits per heavy atom. The summed E-state index contributed by atoms with van der Waals surface area (Å²) < 4.78 is 20.9. The maximum absolute atomic E-state index is 12.1. The van der Waals surface area contributed by atoms with Gasteiger partial charge in [0.15, 0.2) is 0 Å². The lowest BCUT2D eigenvalue weighted by Crippen LogP contribution is -2.29. The van der Waals surface area contributed by atoms with E-state index in [4.69, 9.17) is 24.2 Å². The molecule has 0 bridgehead atoms. The van der Waals surface area contributed by atoms with E-state index >= 15 is 0 Å². The van der Waals surface area contributed by atoms with Crippen molar-refractivity contribution in [3.8, 4) is 6.07 Å². The zero-order chi connectivity index (χ0) is 20.7. The standard InChI is InChI=1S/C19H22N2O6S/c1-11(2)25-19(23)27-17-13(4)21-12(3)16(15(17)14-7-5-10-28-14)26-18(22)24-9-6-8-20/h5,7,10-11,15,21H,6,9H2,1-4H3. The SMILES string of the molecule is CC1=C(OC(=O)OCCC#N)C(c2cccs2)C(OC(=O)OC(C)C)=C(C)N1. The highest BCUT2D eigenvalue weighted by atomic mass is 32.1. The summed E-state index contributed by atoms with van der Waals surface area (Å²) in [6.45, 7) is 6.86. The number of dihydropyridines is 1. The third-order valence-electron chi connectivity index (χ3n) is 3.62. The van der Waals surface area contributed by atoms with Gasteiger partial charge < -0.3 is 24.3 Å². The largest absolute Gasteiger partial charge is 0.513 e. The molecule has 8 nitrogen and oxygen atoms in total. The van der Waals surface area contributed by atoms with Crippen molar-refractivity contribution < 1.29 is 28.5 Å². The molecule has 0 fully saturated rings. The average molecular weight is 406 g/mol. The molecule has 1 aliphatic heterocycles. The number of carbonyl (C=O) groups excluding carboxylic acids is 2. The van der Waals surface area contributed by atoms with Crippen LogP contribution < -0.4 is 5.32 Å². The summed E-state index contributed by atoms with van der Waals surface area (Å²) in [6, 6.07) is 5.58. The number of hydrogen-bond donors (Lipinski definition) is 1. The highest BCUT2D eigenvalue weighted by Gasteiger charge is 2.36. The van der Waals surface area contributed by atoms with Crippen LogP contribution in [0.3, 0.4) is 0 Å². The van der Waals surface area contributed by atoms with Gasteiger partial charge in [-0.25, -0.2) is 9.59 Å². The first-order valence-corrected chi connectivity index (χ1v) is 9.53. The van der Waals surface area contributed by atoms with E-state index in [1.54, 1.807) is 27.7 Å². The van der Waals surface area contributed by atoms with Crippen molar-refractivity contribution in [3.05, 3.63) is 45.3 Å². The van der Waals surface area contributed by atoms with Gasteiger partial charge >= 0.3 is 12.3 Å². The lowest BCUT2D eigenvalue weighted by Gasteiger charge is -2.29. The lowest BCUT2D eigenvalue weighted by molar-refractivity contribution is 0.0458. The summed E-state index contributed by atoms with van der Waals surface area (Å²) in [6.07, 6.45) is -2.05. The Hall–Kier alpha value is -2.99. The van der Waals surface area contributed by atoms with E-state index in [0.717, 1.165) is 4.88 Å². The number of carbonyl (C=O) groups is 2. The minimum absolute atomic E-state index is 0.0636. The van der Waals surface area contributed by atoms with Gasteiger partial charge in [-0.05, 0) is 39.1 Å². The molecule has 1 unspecified atom stereocenters. The maximum atomic E-state index is 12.1. The fraction of sp³-hybridized carbons (Fsp3) is 0.421. The fourth-order valence-corrected chi connectivity index (χ4v) is 3.37. The van der Waals surface area contributed by atoms with Crippen LogP contribution in [0.2, 0.25) is 0 Å². The third-order valence-corrected chi connectivity index (χ3v) is 4.56. The minimum atomic E-state index is -0.934. The molecule has 0 aliphatic carbocycles. The third kappa shape index (κ3) is 5.50. The van der Waals surface area contributed by atoms with Crippen LogP contribution in [0.15, 0.2) is 40.4 Å². The second kappa shape index (κ2) is 9.80. The fourth-order valence-electron chi connectivity index (χ4n) is 2.55. The first kappa shape index (κ1) is 21.3. The van der Waals surface area contributed by atoms with Gasteiger partial charge in [-0.15, -0.1) is 11.3 Å². The van der Waals surface area contributed by atoms with Crippen LogP contribution in [0.4, 0.5) is 9.59 Å². The van der Waals surface area contributed by atoms with Crippen LogP contribution in [-0.4, -0.2) is 25.0 Å². The van der Waals surface area contributed by atoms with E-state index in [1.165, 1.54) is 11.3 Å². The number of allylic oxidation sites excluding steroid dienone is 2. The van der Waals surface area contributed by atoms with Gasteiger partial charge in [-0.3, -0.25) is 0 Å². The Balaban J connectivity index is 2.30. The molecule has 0 radical (unpaired) electrons. The molecule has 1 N–H and O–H groups in total. The number of hydrogen-bond acceptors (Lipinski definition) is 9. The molecule has 28 heavy (non-hydrogen) atoms. The molecule has 2 rings (SSSR count). The summed E-state index contributed by atoms with van der Waals surface area (Å²) in [5.41, 5.74) is 1.18. The highest BCUT2D eigenvalue weighted by molar-refractivity contribution is 7.10. The molecule has 150 valence electrons. The summed E-state index contributed by atoms with van der Waals surface area (Å²) in [5, 5.41) is 13.5. The first-order valence-electron chi connectivity index (χ1n) is 8.65. The minimum Gasteiger partial charge on any atom is -0.433 e. The predicted molar refractivity (Wildman–Crippen MR) is 101 cm³/mol. The van der Waals surface area contributed by atoms with Crippen LogP contribution in [0.1, 0.15) is 44.9 Å². The van der Waals surface area contributed by atoms with Crippen molar-refractivity contribution in [2.24, 2.45) is 0 Å². The topological polar surface area (TPSA) is 107 Å². The van der Waals surface area contributed by atoms with Crippen molar-refractivity contribution in [2.45, 2.75) is 46.1 Å². The molecular formula is C19H22N2O6S. The van der Waals surface area contributed by atoms with Crippen LogP contribution in [0.5, 0.6) is 0 Å². The van der Waals surface area contributed by atoms with E-state index in [1.807, 2.05) is 23.6 Å². The molecule has 1 aromatic rings. The van der Waals surface area contributed by atoms with Crippen molar-refractivity contribution in [1.82, 2.24) is 5.32 Å². The Kier molecular flexibility index (Phi) is 7.46. The molecule has 1 aromatic heterocycles. The average Bonchev–Trinajstić information content (AvgIpc) is 3.13. The lowest BCUT2D eigenvalue weighted by atomic mass is 9.96. The van der Waals surface area contributed by atoms with Crippen molar-refractivity contribution in [3.63, 3.8) is 0 Å². The number of nitrogens with zero attached hydrogens (tertiary/aromatic N) is 1. The Labute approximate surface area is 167 Å². The number of ether oxygens (including phenoxy) is 4. The second-order valence-electron chi connectivity index (χ2n) is 6.18. The van der Waals surface area contributed by atoms with Gasteiger partial charge in [0.1, 0.15) is 24.0 Å². The molecule has 9 heteroatoms. The van der Waals surface area contributed by atoms with Crippen molar-refractivity contribution >= 4 is 23.6 Å².